The highest BCUT2D eigenvalue weighted by molar-refractivity contribution is 5.18. The Hall–Kier alpha value is -0.410. The van der Waals surface area contributed by atoms with Crippen molar-refractivity contribution in [2.45, 2.75) is 12.8 Å². The van der Waals surface area contributed by atoms with E-state index in [0.29, 0.717) is 6.61 Å². The van der Waals surface area contributed by atoms with Crippen LogP contribution in [0.4, 0.5) is 4.39 Å². The number of nitrogens with zero attached hydrogens (tertiary/aromatic N) is 1. The Labute approximate surface area is 78.4 Å². The van der Waals surface area contributed by atoms with E-state index in [1.54, 1.807) is 0 Å². The molecule has 0 aromatic heterocycles. The second-order valence-electron chi connectivity index (χ2n) is 4.21. The van der Waals surface area contributed by atoms with Crippen LogP contribution in [0.5, 0.6) is 0 Å². The summed E-state index contributed by atoms with van der Waals surface area (Å²) in [5.74, 6) is 0. The smallest absolute Gasteiger partial charge is 0.0866 e. The molecule has 1 atom stereocenters. The van der Waals surface area contributed by atoms with Gasteiger partial charge in [0.25, 0.3) is 0 Å². The summed E-state index contributed by atoms with van der Waals surface area (Å²) in [4.78, 5) is 2.27. The van der Waals surface area contributed by atoms with Crippen LogP contribution in [0.25, 0.3) is 0 Å². The van der Waals surface area contributed by atoms with Gasteiger partial charge in [-0.2, -0.15) is 0 Å². The molecule has 0 aliphatic carbocycles. The molecule has 0 aromatic rings. The van der Waals surface area contributed by atoms with Crippen molar-refractivity contribution in [1.29, 1.82) is 0 Å². The van der Waals surface area contributed by atoms with Crippen LogP contribution < -0.4 is 0 Å². The maximum atomic E-state index is 12.7. The maximum absolute atomic E-state index is 12.7. The molecular formula is C10H16FNO. The molecular weight excluding hydrogens is 169 g/mol. The zero-order chi connectivity index (χ0) is 9.31. The Balaban J connectivity index is 2.20. The van der Waals surface area contributed by atoms with Crippen LogP contribution in [0.1, 0.15) is 12.8 Å². The first kappa shape index (κ1) is 9.16. The summed E-state index contributed by atoms with van der Waals surface area (Å²) in [7, 11) is 2.09. The number of likely N-dealkylation sites (tertiary alicyclic amines) is 1. The molecule has 2 nitrogen and oxygen atoms in total. The normalized spacial score (nSPS) is 39.1. The van der Waals surface area contributed by atoms with Crippen LogP contribution >= 0.6 is 0 Å². The summed E-state index contributed by atoms with van der Waals surface area (Å²) in [6, 6.07) is 0. The molecule has 0 saturated carbocycles. The minimum atomic E-state index is 0.00174. The second kappa shape index (κ2) is 3.39. The first-order valence-electron chi connectivity index (χ1n) is 4.83. The van der Waals surface area contributed by atoms with Crippen molar-refractivity contribution in [3.8, 4) is 0 Å². The minimum absolute atomic E-state index is 0.00174. The molecule has 2 aliphatic heterocycles. The van der Waals surface area contributed by atoms with E-state index in [4.69, 9.17) is 4.74 Å². The Bertz CT molecular complexity index is 221. The van der Waals surface area contributed by atoms with Crippen molar-refractivity contribution in [2.24, 2.45) is 5.41 Å². The molecule has 2 aliphatic rings. The average molecular weight is 185 g/mol. The SMILES string of the molecule is CN1CC/C(=C\F)[C@@]2(CCOC2)C1. The summed E-state index contributed by atoms with van der Waals surface area (Å²) in [6.45, 7) is 3.40. The average Bonchev–Trinajstić information content (AvgIpc) is 2.54. The summed E-state index contributed by atoms with van der Waals surface area (Å²) < 4.78 is 18.1. The summed E-state index contributed by atoms with van der Waals surface area (Å²) in [5.41, 5.74) is 0.963. The maximum Gasteiger partial charge on any atom is 0.0866 e. The van der Waals surface area contributed by atoms with Crippen LogP contribution in [0.15, 0.2) is 11.9 Å². The highest BCUT2D eigenvalue weighted by Crippen LogP contribution is 2.41. The zero-order valence-electron chi connectivity index (χ0n) is 8.05. The first-order valence-corrected chi connectivity index (χ1v) is 4.83. The van der Waals surface area contributed by atoms with E-state index in [1.165, 1.54) is 0 Å². The lowest BCUT2D eigenvalue weighted by atomic mass is 9.76. The molecule has 0 N–H and O–H groups in total. The molecule has 2 heterocycles. The lowest BCUT2D eigenvalue weighted by Gasteiger charge is -2.39. The van der Waals surface area contributed by atoms with E-state index in [1.807, 2.05) is 0 Å². The minimum Gasteiger partial charge on any atom is -0.380 e. The Morgan fingerprint density at radius 3 is 3.08 bits per heavy atom. The van der Waals surface area contributed by atoms with Crippen LogP contribution in [0, 0.1) is 5.41 Å². The van der Waals surface area contributed by atoms with Crippen LogP contribution in [-0.4, -0.2) is 38.3 Å². The van der Waals surface area contributed by atoms with E-state index < -0.39 is 0 Å². The Kier molecular flexibility index (Phi) is 2.39. The molecule has 2 fully saturated rings. The van der Waals surface area contributed by atoms with Crippen molar-refractivity contribution in [2.75, 3.05) is 33.4 Å². The molecule has 0 aromatic carbocycles. The van der Waals surface area contributed by atoms with Crippen LogP contribution in [0.3, 0.4) is 0 Å². The standard InChI is InChI=1S/C10H16FNO/c1-12-4-2-9(6-11)10(7-12)3-5-13-8-10/h6H,2-5,7-8H2,1H3/b9-6+/t10-/m0/s1. The van der Waals surface area contributed by atoms with Crippen molar-refractivity contribution in [1.82, 2.24) is 4.90 Å². The van der Waals surface area contributed by atoms with Gasteiger partial charge in [-0.25, -0.2) is 4.39 Å². The Morgan fingerprint density at radius 2 is 2.46 bits per heavy atom. The van der Waals surface area contributed by atoms with Gasteiger partial charge in [-0.1, -0.05) is 0 Å². The van der Waals surface area contributed by atoms with Gasteiger partial charge in [-0.05, 0) is 25.5 Å². The van der Waals surface area contributed by atoms with Gasteiger partial charge < -0.3 is 9.64 Å². The predicted molar refractivity (Wildman–Crippen MR) is 49.2 cm³/mol. The van der Waals surface area contributed by atoms with Gasteiger partial charge in [0.05, 0.1) is 12.9 Å². The number of piperidine rings is 1. The molecule has 0 bridgehead atoms. The lowest BCUT2D eigenvalue weighted by molar-refractivity contribution is 0.121. The molecule has 0 unspecified atom stereocenters. The molecule has 13 heavy (non-hydrogen) atoms. The van der Waals surface area contributed by atoms with Crippen LogP contribution in [0.2, 0.25) is 0 Å². The summed E-state index contributed by atoms with van der Waals surface area (Å²) >= 11 is 0. The van der Waals surface area contributed by atoms with Crippen molar-refractivity contribution < 1.29 is 9.13 Å². The fourth-order valence-corrected chi connectivity index (χ4v) is 2.43. The van der Waals surface area contributed by atoms with Crippen molar-refractivity contribution in [3.63, 3.8) is 0 Å². The van der Waals surface area contributed by atoms with Gasteiger partial charge in [-0.15, -0.1) is 0 Å². The third kappa shape index (κ3) is 1.51. The lowest BCUT2D eigenvalue weighted by Crippen LogP contribution is -2.43. The third-order valence-corrected chi connectivity index (χ3v) is 3.25. The largest absolute Gasteiger partial charge is 0.380 e. The van der Waals surface area contributed by atoms with Gasteiger partial charge in [0.1, 0.15) is 0 Å². The highest BCUT2D eigenvalue weighted by Gasteiger charge is 2.41. The zero-order valence-corrected chi connectivity index (χ0v) is 8.05. The van der Waals surface area contributed by atoms with Gasteiger partial charge in [0, 0.05) is 25.1 Å². The second-order valence-corrected chi connectivity index (χ2v) is 4.21. The van der Waals surface area contributed by atoms with E-state index in [9.17, 15) is 4.39 Å². The molecule has 0 amide bonds. The molecule has 1 spiro atoms. The number of hydrogen-bond acceptors (Lipinski definition) is 2. The van der Waals surface area contributed by atoms with E-state index >= 15 is 0 Å². The van der Waals surface area contributed by atoms with Crippen LogP contribution in [-0.2, 0) is 4.74 Å². The topological polar surface area (TPSA) is 12.5 Å². The predicted octanol–water partition coefficient (Wildman–Crippen LogP) is 1.58. The molecule has 2 rings (SSSR count). The fraction of sp³-hybridized carbons (Fsp3) is 0.800. The molecule has 0 radical (unpaired) electrons. The van der Waals surface area contributed by atoms with E-state index in [0.717, 1.165) is 44.4 Å². The summed E-state index contributed by atoms with van der Waals surface area (Å²) in [5, 5.41) is 0. The number of ether oxygens (including phenoxy) is 1. The molecule has 3 heteroatoms. The number of rotatable bonds is 0. The quantitative estimate of drug-likeness (QED) is 0.568. The Morgan fingerprint density at radius 1 is 1.62 bits per heavy atom. The van der Waals surface area contributed by atoms with Gasteiger partial charge in [0.2, 0.25) is 0 Å². The van der Waals surface area contributed by atoms with E-state index in [2.05, 4.69) is 11.9 Å². The van der Waals surface area contributed by atoms with Gasteiger partial charge >= 0.3 is 0 Å². The monoisotopic (exact) mass is 185 g/mol. The third-order valence-electron chi connectivity index (χ3n) is 3.25. The van der Waals surface area contributed by atoms with Crippen molar-refractivity contribution >= 4 is 0 Å². The number of halogens is 1. The first-order chi connectivity index (χ1) is 6.27. The molecule has 74 valence electrons. The summed E-state index contributed by atoms with van der Waals surface area (Å²) in [6.07, 6.45) is 2.64. The highest BCUT2D eigenvalue weighted by atomic mass is 19.1. The fourth-order valence-electron chi connectivity index (χ4n) is 2.43. The molecule has 2 saturated heterocycles. The van der Waals surface area contributed by atoms with Gasteiger partial charge in [0.15, 0.2) is 0 Å². The number of hydrogen-bond donors (Lipinski definition) is 0. The van der Waals surface area contributed by atoms with E-state index in [-0.39, 0.29) is 5.41 Å². The van der Waals surface area contributed by atoms with Crippen molar-refractivity contribution in [3.05, 3.63) is 11.9 Å². The van der Waals surface area contributed by atoms with Gasteiger partial charge in [-0.3, -0.25) is 0 Å².